The van der Waals surface area contributed by atoms with E-state index >= 15 is 0 Å². The zero-order valence-electron chi connectivity index (χ0n) is 9.18. The van der Waals surface area contributed by atoms with Gasteiger partial charge in [0.1, 0.15) is 5.75 Å². The van der Waals surface area contributed by atoms with Crippen molar-refractivity contribution in [3.05, 3.63) is 30.3 Å². The first-order valence-electron chi connectivity index (χ1n) is 5.01. The first kappa shape index (κ1) is 14.8. The lowest BCUT2D eigenvalue weighted by Crippen LogP contribution is -2.17. The second kappa shape index (κ2) is 6.07. The van der Waals surface area contributed by atoms with Crippen LogP contribution in [0.3, 0.4) is 0 Å². The smallest absolute Gasteiger partial charge is 0.404 e. The monoisotopic (exact) mass is 298 g/mol. The van der Waals surface area contributed by atoms with Crippen molar-refractivity contribution < 1.29 is 18.5 Å². The summed E-state index contributed by atoms with van der Waals surface area (Å²) in [6, 6.07) is 8.12. The SMILES string of the molecule is CCCC(Cl)(Cl)OP(=O)(O)Oc1ccccc1. The van der Waals surface area contributed by atoms with E-state index in [0.717, 1.165) is 0 Å². The Morgan fingerprint density at radius 1 is 1.35 bits per heavy atom. The van der Waals surface area contributed by atoms with E-state index in [1.165, 1.54) is 12.1 Å². The molecule has 0 aromatic heterocycles. The highest BCUT2D eigenvalue weighted by Gasteiger charge is 2.36. The van der Waals surface area contributed by atoms with Gasteiger partial charge in [-0.3, -0.25) is 4.89 Å². The van der Waals surface area contributed by atoms with Gasteiger partial charge in [0.25, 0.3) is 0 Å². The summed E-state index contributed by atoms with van der Waals surface area (Å²) < 4.78 is 19.4. The first-order valence-corrected chi connectivity index (χ1v) is 7.26. The molecule has 1 atom stereocenters. The molecule has 1 N–H and O–H groups in total. The van der Waals surface area contributed by atoms with Gasteiger partial charge in [-0.25, -0.2) is 9.09 Å². The molecule has 0 saturated carbocycles. The molecular weight excluding hydrogens is 286 g/mol. The molecule has 7 heteroatoms. The van der Waals surface area contributed by atoms with E-state index in [0.29, 0.717) is 6.42 Å². The average Bonchev–Trinajstić information content (AvgIpc) is 2.15. The summed E-state index contributed by atoms with van der Waals surface area (Å²) in [4.78, 5) is 9.47. The molecule has 1 unspecified atom stereocenters. The van der Waals surface area contributed by atoms with E-state index in [-0.39, 0.29) is 12.2 Å². The van der Waals surface area contributed by atoms with Crippen LogP contribution in [-0.4, -0.2) is 9.41 Å². The Balaban J connectivity index is 2.66. The molecule has 96 valence electrons. The van der Waals surface area contributed by atoms with Crippen molar-refractivity contribution in [2.75, 3.05) is 0 Å². The highest BCUT2D eigenvalue weighted by molar-refractivity contribution is 7.48. The Labute approximate surface area is 110 Å². The van der Waals surface area contributed by atoms with Crippen molar-refractivity contribution in [2.24, 2.45) is 0 Å². The third kappa shape index (κ3) is 5.75. The number of halogens is 2. The van der Waals surface area contributed by atoms with Crippen LogP contribution in [0.25, 0.3) is 0 Å². The van der Waals surface area contributed by atoms with Gasteiger partial charge in [0, 0.05) is 6.42 Å². The third-order valence-corrected chi connectivity index (χ3v) is 3.49. The van der Waals surface area contributed by atoms with Gasteiger partial charge in [0.05, 0.1) is 0 Å². The van der Waals surface area contributed by atoms with Gasteiger partial charge >= 0.3 is 7.82 Å². The van der Waals surface area contributed by atoms with E-state index in [2.05, 4.69) is 4.52 Å². The minimum absolute atomic E-state index is 0.207. The Hall–Kier alpha value is -0.250. The Kier molecular flexibility index (Phi) is 5.29. The molecular formula is C10H13Cl2O4P. The zero-order chi connectivity index (χ0) is 12.9. The predicted molar refractivity (Wildman–Crippen MR) is 67.3 cm³/mol. The fourth-order valence-corrected chi connectivity index (χ4v) is 2.89. The summed E-state index contributed by atoms with van der Waals surface area (Å²) in [6.07, 6.45) is 0.831. The van der Waals surface area contributed by atoms with Gasteiger partial charge in [0.2, 0.25) is 4.52 Å². The summed E-state index contributed by atoms with van der Waals surface area (Å²) in [5.74, 6) is 0.207. The molecule has 1 rings (SSSR count). The van der Waals surface area contributed by atoms with E-state index in [1.807, 2.05) is 6.92 Å². The number of para-hydroxylation sites is 1. The number of phosphoric acid groups is 1. The standard InChI is InChI=1S/C10H13Cl2O4P/c1-2-8-10(11,12)16-17(13,14)15-9-6-4-3-5-7-9/h3-7H,2,8H2,1H3,(H,13,14). The van der Waals surface area contributed by atoms with Crippen molar-refractivity contribution >= 4 is 31.0 Å². The van der Waals surface area contributed by atoms with Gasteiger partial charge in [0.15, 0.2) is 0 Å². The molecule has 1 aromatic carbocycles. The highest BCUT2D eigenvalue weighted by Crippen LogP contribution is 2.51. The van der Waals surface area contributed by atoms with Gasteiger partial charge < -0.3 is 4.52 Å². The van der Waals surface area contributed by atoms with Crippen LogP contribution in [-0.2, 0) is 9.09 Å². The Bertz CT molecular complexity index is 397. The van der Waals surface area contributed by atoms with Gasteiger partial charge in [-0.15, -0.1) is 0 Å². The first-order chi connectivity index (χ1) is 7.85. The van der Waals surface area contributed by atoms with Crippen LogP contribution >= 0.6 is 31.0 Å². The van der Waals surface area contributed by atoms with E-state index in [9.17, 15) is 9.46 Å². The minimum Gasteiger partial charge on any atom is -0.404 e. The molecule has 0 spiro atoms. The third-order valence-electron chi connectivity index (χ3n) is 1.75. The highest BCUT2D eigenvalue weighted by atomic mass is 35.5. The van der Waals surface area contributed by atoms with Crippen LogP contribution in [0.5, 0.6) is 5.75 Å². The lowest BCUT2D eigenvalue weighted by molar-refractivity contribution is 0.154. The number of phosphoric ester groups is 1. The second-order valence-corrected chi connectivity index (χ2v) is 6.07. The van der Waals surface area contributed by atoms with Crippen LogP contribution in [0.1, 0.15) is 19.8 Å². The molecule has 0 heterocycles. The van der Waals surface area contributed by atoms with Gasteiger partial charge in [-0.05, 0) is 12.1 Å². The normalized spacial score (nSPS) is 15.3. The molecule has 0 aliphatic heterocycles. The van der Waals surface area contributed by atoms with Gasteiger partial charge in [-0.1, -0.05) is 54.7 Å². The van der Waals surface area contributed by atoms with Crippen molar-refractivity contribution in [3.8, 4) is 5.75 Å². The zero-order valence-corrected chi connectivity index (χ0v) is 11.6. The van der Waals surface area contributed by atoms with Crippen LogP contribution < -0.4 is 4.52 Å². The molecule has 0 amide bonds. The van der Waals surface area contributed by atoms with E-state index < -0.39 is 12.3 Å². The second-order valence-electron chi connectivity index (χ2n) is 3.35. The quantitative estimate of drug-likeness (QED) is 0.634. The Morgan fingerprint density at radius 3 is 2.47 bits per heavy atom. The summed E-state index contributed by atoms with van der Waals surface area (Å²) in [6.45, 7) is 1.82. The molecule has 0 bridgehead atoms. The molecule has 17 heavy (non-hydrogen) atoms. The summed E-state index contributed by atoms with van der Waals surface area (Å²) in [5.41, 5.74) is 0. The summed E-state index contributed by atoms with van der Waals surface area (Å²) in [5, 5.41) is 0. The molecule has 1 aromatic rings. The van der Waals surface area contributed by atoms with Crippen LogP contribution in [0.15, 0.2) is 30.3 Å². The summed E-state index contributed by atoms with van der Waals surface area (Å²) >= 11 is 11.4. The molecule has 4 nitrogen and oxygen atoms in total. The molecule has 0 fully saturated rings. The number of benzene rings is 1. The lowest BCUT2D eigenvalue weighted by atomic mass is 10.3. The number of alkyl halides is 2. The lowest BCUT2D eigenvalue weighted by Gasteiger charge is -2.22. The predicted octanol–water partition coefficient (Wildman–Crippen LogP) is 4.11. The van der Waals surface area contributed by atoms with Crippen molar-refractivity contribution in [1.29, 1.82) is 0 Å². The molecule has 0 radical (unpaired) electrons. The average molecular weight is 299 g/mol. The van der Waals surface area contributed by atoms with E-state index in [1.54, 1.807) is 18.2 Å². The van der Waals surface area contributed by atoms with Crippen molar-refractivity contribution in [2.45, 2.75) is 24.3 Å². The topological polar surface area (TPSA) is 55.8 Å². The fraction of sp³-hybridized carbons (Fsp3) is 0.400. The van der Waals surface area contributed by atoms with E-state index in [4.69, 9.17) is 27.7 Å². The fourth-order valence-electron chi connectivity index (χ4n) is 1.14. The number of hydrogen-bond donors (Lipinski definition) is 1. The van der Waals surface area contributed by atoms with Crippen LogP contribution in [0.4, 0.5) is 0 Å². The van der Waals surface area contributed by atoms with Crippen molar-refractivity contribution in [1.82, 2.24) is 0 Å². The minimum atomic E-state index is -4.33. The van der Waals surface area contributed by atoms with Gasteiger partial charge in [-0.2, -0.15) is 0 Å². The number of hydrogen-bond acceptors (Lipinski definition) is 3. The van der Waals surface area contributed by atoms with Crippen LogP contribution in [0, 0.1) is 0 Å². The maximum Gasteiger partial charge on any atom is 0.530 e. The Morgan fingerprint density at radius 2 is 1.94 bits per heavy atom. The molecule has 0 saturated heterocycles. The molecule has 0 aliphatic rings. The van der Waals surface area contributed by atoms with Crippen molar-refractivity contribution in [3.63, 3.8) is 0 Å². The maximum absolute atomic E-state index is 11.6. The largest absolute Gasteiger partial charge is 0.530 e. The maximum atomic E-state index is 11.6. The molecule has 0 aliphatic carbocycles. The van der Waals surface area contributed by atoms with Crippen LogP contribution in [0.2, 0.25) is 0 Å². The number of rotatable bonds is 6. The summed E-state index contributed by atoms with van der Waals surface area (Å²) in [7, 11) is -4.33.